The highest BCUT2D eigenvalue weighted by molar-refractivity contribution is 5.76. The van der Waals surface area contributed by atoms with E-state index in [0.717, 1.165) is 24.8 Å². The number of carbonyl (C=O) groups is 1. The van der Waals surface area contributed by atoms with Crippen LogP contribution in [0.3, 0.4) is 0 Å². The Labute approximate surface area is 145 Å². The standard InChI is InChI=1S/C20H30N2O2/c1-15-14-17-10-5-6-12-19(17)22(15)20(24)21-18(11-7-13-23)16-8-3-2-4-9-16/h2-4,8-9,15,17-19,23H,5-7,10-14H2,1H3,(H,21,24)/t15-,17+,18-,19-/m1/s1. The quantitative estimate of drug-likeness (QED) is 0.861. The van der Waals surface area contributed by atoms with Gasteiger partial charge in [-0.2, -0.15) is 0 Å². The molecule has 0 spiro atoms. The molecule has 1 aliphatic heterocycles. The monoisotopic (exact) mass is 330 g/mol. The number of rotatable bonds is 5. The number of fused-ring (bicyclic) bond motifs is 1. The van der Waals surface area contributed by atoms with E-state index in [-0.39, 0.29) is 18.7 Å². The van der Waals surface area contributed by atoms with Gasteiger partial charge in [-0.25, -0.2) is 4.79 Å². The summed E-state index contributed by atoms with van der Waals surface area (Å²) in [6.45, 7) is 2.34. The number of aliphatic hydroxyl groups excluding tert-OH is 1. The summed E-state index contributed by atoms with van der Waals surface area (Å²) in [5, 5.41) is 12.4. The van der Waals surface area contributed by atoms with Gasteiger partial charge in [0, 0.05) is 18.7 Å². The van der Waals surface area contributed by atoms with E-state index in [0.29, 0.717) is 24.4 Å². The van der Waals surface area contributed by atoms with Crippen molar-refractivity contribution in [3.8, 4) is 0 Å². The maximum atomic E-state index is 13.0. The number of amides is 2. The number of hydrogen-bond donors (Lipinski definition) is 2. The van der Waals surface area contributed by atoms with E-state index in [2.05, 4.69) is 29.3 Å². The second-order valence-corrected chi connectivity index (χ2v) is 7.38. The van der Waals surface area contributed by atoms with E-state index in [1.807, 2.05) is 18.2 Å². The molecule has 3 rings (SSSR count). The van der Waals surface area contributed by atoms with Gasteiger partial charge in [-0.3, -0.25) is 0 Å². The second kappa shape index (κ2) is 8.02. The molecule has 1 heterocycles. The average molecular weight is 330 g/mol. The largest absolute Gasteiger partial charge is 0.396 e. The zero-order valence-electron chi connectivity index (χ0n) is 14.7. The molecule has 4 nitrogen and oxygen atoms in total. The van der Waals surface area contributed by atoms with Crippen molar-refractivity contribution in [3.05, 3.63) is 35.9 Å². The zero-order valence-corrected chi connectivity index (χ0v) is 14.7. The Morgan fingerprint density at radius 1 is 1.29 bits per heavy atom. The average Bonchev–Trinajstić information content (AvgIpc) is 2.95. The minimum atomic E-state index is -0.0271. The summed E-state index contributed by atoms with van der Waals surface area (Å²) in [5.41, 5.74) is 1.12. The Bertz CT molecular complexity index is 534. The Hall–Kier alpha value is -1.55. The molecule has 0 radical (unpaired) electrons. The summed E-state index contributed by atoms with van der Waals surface area (Å²) in [6.07, 6.45) is 7.58. The first-order valence-electron chi connectivity index (χ1n) is 9.45. The van der Waals surface area contributed by atoms with Crippen LogP contribution in [0.2, 0.25) is 0 Å². The number of carbonyl (C=O) groups excluding carboxylic acids is 1. The molecular formula is C20H30N2O2. The molecule has 4 atom stereocenters. The molecule has 24 heavy (non-hydrogen) atoms. The number of urea groups is 1. The summed E-state index contributed by atoms with van der Waals surface area (Å²) in [4.78, 5) is 15.1. The van der Waals surface area contributed by atoms with Crippen molar-refractivity contribution in [1.29, 1.82) is 0 Å². The van der Waals surface area contributed by atoms with Gasteiger partial charge in [-0.05, 0) is 50.5 Å². The van der Waals surface area contributed by atoms with Gasteiger partial charge in [0.1, 0.15) is 0 Å². The Kier molecular flexibility index (Phi) is 5.77. The fourth-order valence-corrected chi connectivity index (χ4v) is 4.59. The fraction of sp³-hybridized carbons (Fsp3) is 0.650. The van der Waals surface area contributed by atoms with E-state index in [9.17, 15) is 9.90 Å². The molecule has 2 fully saturated rings. The predicted octanol–water partition coefficient (Wildman–Crippen LogP) is 3.86. The topological polar surface area (TPSA) is 52.6 Å². The van der Waals surface area contributed by atoms with E-state index < -0.39 is 0 Å². The maximum absolute atomic E-state index is 13.0. The Morgan fingerprint density at radius 3 is 2.79 bits per heavy atom. The van der Waals surface area contributed by atoms with Gasteiger partial charge in [0.25, 0.3) is 0 Å². The van der Waals surface area contributed by atoms with Gasteiger partial charge in [-0.1, -0.05) is 43.2 Å². The summed E-state index contributed by atoms with van der Waals surface area (Å²) in [6, 6.07) is 10.9. The summed E-state index contributed by atoms with van der Waals surface area (Å²) >= 11 is 0. The minimum absolute atomic E-state index is 0.0271. The second-order valence-electron chi connectivity index (χ2n) is 7.38. The van der Waals surface area contributed by atoms with Gasteiger partial charge in [0.15, 0.2) is 0 Å². The van der Waals surface area contributed by atoms with Gasteiger partial charge in [-0.15, -0.1) is 0 Å². The first-order valence-corrected chi connectivity index (χ1v) is 9.45. The highest BCUT2D eigenvalue weighted by Crippen LogP contribution is 2.39. The first-order chi connectivity index (χ1) is 11.7. The van der Waals surface area contributed by atoms with E-state index in [1.165, 1.54) is 19.3 Å². The van der Waals surface area contributed by atoms with Gasteiger partial charge in [0.2, 0.25) is 0 Å². The SMILES string of the molecule is C[C@@H]1C[C@@H]2CCCC[C@H]2N1C(=O)N[C@H](CCCO)c1ccccc1. The number of nitrogens with one attached hydrogen (secondary N) is 1. The van der Waals surface area contributed by atoms with Crippen LogP contribution in [0.1, 0.15) is 63.5 Å². The predicted molar refractivity (Wildman–Crippen MR) is 95.7 cm³/mol. The zero-order chi connectivity index (χ0) is 16.9. The van der Waals surface area contributed by atoms with Crippen LogP contribution in [-0.4, -0.2) is 34.7 Å². The van der Waals surface area contributed by atoms with E-state index in [4.69, 9.17) is 0 Å². The van der Waals surface area contributed by atoms with Crippen LogP contribution in [0.4, 0.5) is 4.79 Å². The van der Waals surface area contributed by atoms with Crippen LogP contribution in [0.15, 0.2) is 30.3 Å². The molecule has 2 N–H and O–H groups in total. The van der Waals surface area contributed by atoms with Gasteiger partial charge >= 0.3 is 6.03 Å². The van der Waals surface area contributed by atoms with E-state index >= 15 is 0 Å². The molecule has 132 valence electrons. The molecule has 1 saturated heterocycles. The number of nitrogens with zero attached hydrogens (tertiary/aromatic N) is 1. The van der Waals surface area contributed by atoms with Crippen molar-refractivity contribution >= 4 is 6.03 Å². The van der Waals surface area contributed by atoms with Crippen molar-refractivity contribution in [3.63, 3.8) is 0 Å². The van der Waals surface area contributed by atoms with Crippen molar-refractivity contribution in [2.24, 2.45) is 5.92 Å². The van der Waals surface area contributed by atoms with Crippen LogP contribution in [0, 0.1) is 5.92 Å². The molecule has 1 saturated carbocycles. The van der Waals surface area contributed by atoms with Crippen molar-refractivity contribution in [1.82, 2.24) is 10.2 Å². The molecule has 1 aromatic rings. The number of likely N-dealkylation sites (tertiary alicyclic amines) is 1. The lowest BCUT2D eigenvalue weighted by Gasteiger charge is -2.34. The summed E-state index contributed by atoms with van der Waals surface area (Å²) in [7, 11) is 0. The van der Waals surface area contributed by atoms with Gasteiger partial charge < -0.3 is 15.3 Å². The van der Waals surface area contributed by atoms with Crippen molar-refractivity contribution in [2.75, 3.05) is 6.61 Å². The molecule has 0 aromatic heterocycles. The molecule has 2 aliphatic rings. The normalized spacial score (nSPS) is 27.6. The lowest BCUT2D eigenvalue weighted by Crippen LogP contribution is -2.48. The van der Waals surface area contributed by atoms with Crippen LogP contribution in [0.25, 0.3) is 0 Å². The third kappa shape index (κ3) is 3.75. The Morgan fingerprint density at radius 2 is 2.04 bits per heavy atom. The Balaban J connectivity index is 1.70. The lowest BCUT2D eigenvalue weighted by molar-refractivity contribution is 0.151. The molecule has 0 unspecified atom stereocenters. The first kappa shape index (κ1) is 17.3. The summed E-state index contributed by atoms with van der Waals surface area (Å²) in [5.74, 6) is 0.687. The number of benzene rings is 1. The van der Waals surface area contributed by atoms with Gasteiger partial charge in [0.05, 0.1) is 6.04 Å². The molecule has 1 aromatic carbocycles. The molecule has 2 amide bonds. The van der Waals surface area contributed by atoms with Crippen LogP contribution >= 0.6 is 0 Å². The smallest absolute Gasteiger partial charge is 0.318 e. The maximum Gasteiger partial charge on any atom is 0.318 e. The van der Waals surface area contributed by atoms with Crippen LogP contribution < -0.4 is 5.32 Å². The third-order valence-corrected chi connectivity index (χ3v) is 5.73. The molecule has 4 heteroatoms. The minimum Gasteiger partial charge on any atom is -0.396 e. The highest BCUT2D eigenvalue weighted by Gasteiger charge is 2.42. The summed E-state index contributed by atoms with van der Waals surface area (Å²) < 4.78 is 0. The lowest BCUT2D eigenvalue weighted by atomic mass is 9.85. The number of hydrogen-bond acceptors (Lipinski definition) is 2. The van der Waals surface area contributed by atoms with Crippen LogP contribution in [0.5, 0.6) is 0 Å². The fourth-order valence-electron chi connectivity index (χ4n) is 4.59. The van der Waals surface area contributed by atoms with E-state index in [1.54, 1.807) is 0 Å². The van der Waals surface area contributed by atoms with Crippen molar-refractivity contribution in [2.45, 2.75) is 70.0 Å². The van der Waals surface area contributed by atoms with Crippen LogP contribution in [-0.2, 0) is 0 Å². The third-order valence-electron chi connectivity index (χ3n) is 5.73. The number of aliphatic hydroxyl groups is 1. The molecular weight excluding hydrogens is 300 g/mol. The molecule has 1 aliphatic carbocycles. The molecule has 0 bridgehead atoms. The van der Waals surface area contributed by atoms with Crippen molar-refractivity contribution < 1.29 is 9.90 Å². The highest BCUT2D eigenvalue weighted by atomic mass is 16.3.